The van der Waals surface area contributed by atoms with Gasteiger partial charge in [-0.2, -0.15) is 8.42 Å². The minimum Gasteiger partial charge on any atom is -0.488 e. The molecule has 0 heterocycles. The van der Waals surface area contributed by atoms with E-state index in [-0.39, 0.29) is 12.7 Å². The Labute approximate surface area is 90.0 Å². The molecule has 0 aliphatic heterocycles. The average molecular weight is 230 g/mol. The minimum absolute atomic E-state index is 0.0216. The lowest BCUT2D eigenvalue weighted by Crippen LogP contribution is -2.21. The largest absolute Gasteiger partial charge is 0.488 e. The van der Waals surface area contributed by atoms with Gasteiger partial charge in [0.25, 0.3) is 10.1 Å². The van der Waals surface area contributed by atoms with Crippen molar-refractivity contribution in [3.05, 3.63) is 30.3 Å². The van der Waals surface area contributed by atoms with Crippen molar-refractivity contribution < 1.29 is 17.3 Å². The maximum Gasteiger partial charge on any atom is 0.264 e. The molecular formula is C10H14O4S. The third kappa shape index (κ3) is 5.39. The zero-order chi connectivity index (χ0) is 11.3. The average Bonchev–Trinajstić information content (AvgIpc) is 2.15. The standard InChI is InChI=1S/C10H14O4S/c1-9(8-13-15(2,11)12)14-10-6-4-3-5-7-10/h3-7,9H,8H2,1-2H3/t9-/m1/s1. The highest BCUT2D eigenvalue weighted by Gasteiger charge is 2.08. The Kier molecular flexibility index (Phi) is 4.11. The lowest BCUT2D eigenvalue weighted by molar-refractivity contribution is 0.147. The first-order valence-electron chi connectivity index (χ1n) is 4.53. The second kappa shape index (κ2) is 5.14. The summed E-state index contributed by atoms with van der Waals surface area (Å²) in [5.41, 5.74) is 0. The van der Waals surface area contributed by atoms with E-state index in [2.05, 4.69) is 4.18 Å². The summed E-state index contributed by atoms with van der Waals surface area (Å²) in [6.45, 7) is 1.77. The first kappa shape index (κ1) is 12.0. The molecule has 0 amide bonds. The van der Waals surface area contributed by atoms with Gasteiger partial charge < -0.3 is 4.74 Å². The smallest absolute Gasteiger partial charge is 0.264 e. The third-order valence-electron chi connectivity index (χ3n) is 1.60. The number of benzene rings is 1. The Balaban J connectivity index is 2.40. The number of ether oxygens (including phenoxy) is 1. The van der Waals surface area contributed by atoms with Gasteiger partial charge in [0.1, 0.15) is 18.5 Å². The molecule has 1 rings (SSSR count). The van der Waals surface area contributed by atoms with Crippen LogP contribution in [0.4, 0.5) is 0 Å². The van der Waals surface area contributed by atoms with Crippen LogP contribution in [0.25, 0.3) is 0 Å². The zero-order valence-electron chi connectivity index (χ0n) is 8.71. The first-order chi connectivity index (χ1) is 6.97. The van der Waals surface area contributed by atoms with Crippen molar-refractivity contribution in [1.29, 1.82) is 0 Å². The summed E-state index contributed by atoms with van der Waals surface area (Å²) in [5.74, 6) is 0.696. The van der Waals surface area contributed by atoms with Crippen LogP contribution < -0.4 is 4.74 Å². The molecule has 0 aliphatic carbocycles. The fraction of sp³-hybridized carbons (Fsp3) is 0.400. The van der Waals surface area contributed by atoms with Crippen molar-refractivity contribution in [2.24, 2.45) is 0 Å². The Hall–Kier alpha value is -1.07. The quantitative estimate of drug-likeness (QED) is 0.718. The Bertz CT molecular complexity index is 385. The Morgan fingerprint density at radius 3 is 2.40 bits per heavy atom. The van der Waals surface area contributed by atoms with Crippen LogP contribution in [0.5, 0.6) is 5.75 Å². The van der Waals surface area contributed by atoms with Gasteiger partial charge in [-0.1, -0.05) is 18.2 Å². The molecule has 0 N–H and O–H groups in total. The molecule has 0 saturated heterocycles. The predicted molar refractivity (Wildman–Crippen MR) is 57.3 cm³/mol. The van der Waals surface area contributed by atoms with E-state index in [4.69, 9.17) is 4.74 Å². The molecular weight excluding hydrogens is 216 g/mol. The number of rotatable bonds is 5. The van der Waals surface area contributed by atoms with Crippen LogP contribution in [0, 0.1) is 0 Å². The van der Waals surface area contributed by atoms with Crippen LogP contribution in [0.15, 0.2) is 30.3 Å². The lowest BCUT2D eigenvalue weighted by Gasteiger charge is -2.13. The molecule has 0 aromatic heterocycles. The van der Waals surface area contributed by atoms with E-state index in [0.717, 1.165) is 6.26 Å². The molecule has 4 nitrogen and oxygen atoms in total. The van der Waals surface area contributed by atoms with Gasteiger partial charge >= 0.3 is 0 Å². The van der Waals surface area contributed by atoms with E-state index >= 15 is 0 Å². The Morgan fingerprint density at radius 1 is 1.27 bits per heavy atom. The van der Waals surface area contributed by atoms with Crippen LogP contribution in [0.2, 0.25) is 0 Å². The molecule has 0 spiro atoms. The number of hydrogen-bond acceptors (Lipinski definition) is 4. The molecule has 15 heavy (non-hydrogen) atoms. The van der Waals surface area contributed by atoms with Gasteiger partial charge in [-0.15, -0.1) is 0 Å². The summed E-state index contributed by atoms with van der Waals surface area (Å²) in [6.07, 6.45) is 0.713. The van der Waals surface area contributed by atoms with E-state index in [1.165, 1.54) is 0 Å². The van der Waals surface area contributed by atoms with E-state index < -0.39 is 10.1 Å². The maximum atomic E-state index is 10.7. The highest BCUT2D eigenvalue weighted by Crippen LogP contribution is 2.10. The second-order valence-corrected chi connectivity index (χ2v) is 4.87. The topological polar surface area (TPSA) is 52.6 Å². The lowest BCUT2D eigenvalue weighted by atomic mass is 10.3. The summed E-state index contributed by atoms with van der Waals surface area (Å²) in [7, 11) is -3.39. The molecule has 0 fully saturated rings. The van der Waals surface area contributed by atoms with Crippen molar-refractivity contribution in [2.45, 2.75) is 13.0 Å². The van der Waals surface area contributed by atoms with E-state index in [1.54, 1.807) is 19.1 Å². The SMILES string of the molecule is C[C@H](COS(C)(=O)=O)Oc1ccccc1. The molecule has 0 bridgehead atoms. The monoisotopic (exact) mass is 230 g/mol. The van der Waals surface area contributed by atoms with E-state index in [0.29, 0.717) is 5.75 Å². The number of hydrogen-bond donors (Lipinski definition) is 0. The Morgan fingerprint density at radius 2 is 1.87 bits per heavy atom. The van der Waals surface area contributed by atoms with Gasteiger partial charge in [0.05, 0.1) is 6.26 Å². The highest BCUT2D eigenvalue weighted by molar-refractivity contribution is 7.85. The van der Waals surface area contributed by atoms with Crippen molar-refractivity contribution in [3.8, 4) is 5.75 Å². The molecule has 84 valence electrons. The summed E-state index contributed by atoms with van der Waals surface area (Å²) >= 11 is 0. The van der Waals surface area contributed by atoms with E-state index in [1.807, 2.05) is 18.2 Å². The van der Waals surface area contributed by atoms with Gasteiger partial charge in [0, 0.05) is 0 Å². The molecule has 0 aliphatic rings. The molecule has 0 saturated carbocycles. The fourth-order valence-corrected chi connectivity index (χ4v) is 1.42. The summed E-state index contributed by atoms with van der Waals surface area (Å²) in [5, 5.41) is 0. The van der Waals surface area contributed by atoms with Gasteiger partial charge in [-0.25, -0.2) is 0 Å². The van der Waals surface area contributed by atoms with Crippen molar-refractivity contribution in [3.63, 3.8) is 0 Å². The molecule has 1 aromatic rings. The molecule has 0 unspecified atom stereocenters. The van der Waals surface area contributed by atoms with Gasteiger partial charge in [-0.3, -0.25) is 4.18 Å². The zero-order valence-corrected chi connectivity index (χ0v) is 9.53. The van der Waals surface area contributed by atoms with Crippen LogP contribution >= 0.6 is 0 Å². The summed E-state index contributed by atoms with van der Waals surface area (Å²) < 4.78 is 31.5. The minimum atomic E-state index is -3.39. The molecule has 5 heteroatoms. The van der Waals surface area contributed by atoms with Crippen LogP contribution in [0.3, 0.4) is 0 Å². The summed E-state index contributed by atoms with van der Waals surface area (Å²) in [6, 6.07) is 9.18. The van der Waals surface area contributed by atoms with Crippen molar-refractivity contribution in [1.82, 2.24) is 0 Å². The third-order valence-corrected chi connectivity index (χ3v) is 2.16. The van der Waals surface area contributed by atoms with Crippen molar-refractivity contribution in [2.75, 3.05) is 12.9 Å². The van der Waals surface area contributed by atoms with Gasteiger partial charge in [0.15, 0.2) is 0 Å². The normalized spacial score (nSPS) is 13.5. The van der Waals surface area contributed by atoms with Gasteiger partial charge in [0.2, 0.25) is 0 Å². The fourth-order valence-electron chi connectivity index (χ4n) is 0.985. The van der Waals surface area contributed by atoms with Crippen LogP contribution in [-0.4, -0.2) is 27.4 Å². The maximum absolute atomic E-state index is 10.7. The molecule has 1 aromatic carbocycles. The van der Waals surface area contributed by atoms with Crippen LogP contribution in [-0.2, 0) is 14.3 Å². The first-order valence-corrected chi connectivity index (χ1v) is 6.35. The highest BCUT2D eigenvalue weighted by atomic mass is 32.2. The molecule has 1 atom stereocenters. The molecule has 0 radical (unpaired) electrons. The van der Waals surface area contributed by atoms with E-state index in [9.17, 15) is 8.42 Å². The van der Waals surface area contributed by atoms with Crippen LogP contribution in [0.1, 0.15) is 6.92 Å². The van der Waals surface area contributed by atoms with Gasteiger partial charge in [-0.05, 0) is 19.1 Å². The number of para-hydroxylation sites is 1. The second-order valence-electron chi connectivity index (χ2n) is 3.23. The predicted octanol–water partition coefficient (Wildman–Crippen LogP) is 1.43. The summed E-state index contributed by atoms with van der Waals surface area (Å²) in [4.78, 5) is 0. The van der Waals surface area contributed by atoms with Crippen molar-refractivity contribution >= 4 is 10.1 Å².